The molecule has 2 amide bonds. The Balaban J connectivity index is 1.68. The van der Waals surface area contributed by atoms with Crippen molar-refractivity contribution in [3.8, 4) is 0 Å². The molecule has 6 heteroatoms. The van der Waals surface area contributed by atoms with Crippen LogP contribution >= 0.6 is 0 Å². The van der Waals surface area contributed by atoms with Gasteiger partial charge in [-0.1, -0.05) is 6.92 Å². The van der Waals surface area contributed by atoms with Crippen LogP contribution in [0.4, 0.5) is 0 Å². The molecule has 2 aliphatic rings. The molecule has 2 fully saturated rings. The Labute approximate surface area is 155 Å². The second-order valence-corrected chi connectivity index (χ2v) is 7.49. The zero-order chi connectivity index (χ0) is 18.5. The Kier molecular flexibility index (Phi) is 6.35. The third-order valence-corrected chi connectivity index (χ3v) is 5.37. The molecule has 1 saturated carbocycles. The van der Waals surface area contributed by atoms with E-state index in [9.17, 15) is 9.59 Å². The van der Waals surface area contributed by atoms with Crippen LogP contribution in [-0.4, -0.2) is 53.5 Å². The summed E-state index contributed by atoms with van der Waals surface area (Å²) in [6, 6.07) is 3.77. The molecule has 0 aromatic carbocycles. The first-order valence-electron chi connectivity index (χ1n) is 9.80. The normalized spacial score (nSPS) is 20.8. The van der Waals surface area contributed by atoms with Gasteiger partial charge in [-0.2, -0.15) is 0 Å². The first-order valence-corrected chi connectivity index (χ1v) is 9.80. The Morgan fingerprint density at radius 1 is 1.31 bits per heavy atom. The van der Waals surface area contributed by atoms with Crippen LogP contribution in [0.25, 0.3) is 0 Å². The van der Waals surface area contributed by atoms with Crippen molar-refractivity contribution in [1.29, 1.82) is 0 Å². The molecule has 0 radical (unpaired) electrons. The number of nitrogens with zero attached hydrogens (tertiary/aromatic N) is 2. The summed E-state index contributed by atoms with van der Waals surface area (Å²) in [5.41, 5.74) is 0. The third kappa shape index (κ3) is 4.87. The van der Waals surface area contributed by atoms with Crippen LogP contribution in [0.2, 0.25) is 0 Å². The summed E-state index contributed by atoms with van der Waals surface area (Å²) in [5, 5.41) is 0. The minimum atomic E-state index is -0.0359. The molecule has 2 atom stereocenters. The van der Waals surface area contributed by atoms with Gasteiger partial charge in [0.15, 0.2) is 0 Å². The van der Waals surface area contributed by atoms with Gasteiger partial charge < -0.3 is 19.0 Å². The quantitative estimate of drug-likeness (QED) is 0.678. The van der Waals surface area contributed by atoms with Crippen LogP contribution in [0.1, 0.15) is 51.7 Å². The topological polar surface area (TPSA) is 63.0 Å². The molecule has 1 aromatic heterocycles. The summed E-state index contributed by atoms with van der Waals surface area (Å²) >= 11 is 0. The summed E-state index contributed by atoms with van der Waals surface area (Å²) in [4.78, 5) is 29.3. The number of carbonyl (C=O) groups is 2. The maximum absolute atomic E-state index is 13.1. The predicted octanol–water partition coefficient (Wildman–Crippen LogP) is 2.82. The summed E-state index contributed by atoms with van der Waals surface area (Å²) in [5.74, 6) is 0.961. The van der Waals surface area contributed by atoms with Gasteiger partial charge in [0, 0.05) is 25.1 Å². The van der Waals surface area contributed by atoms with Crippen LogP contribution in [0.15, 0.2) is 22.8 Å². The van der Waals surface area contributed by atoms with Gasteiger partial charge in [-0.3, -0.25) is 9.59 Å². The van der Waals surface area contributed by atoms with Gasteiger partial charge in [-0.05, 0) is 51.2 Å². The summed E-state index contributed by atoms with van der Waals surface area (Å²) in [6.07, 6.45) is 6.44. The second kappa shape index (κ2) is 8.71. The molecule has 1 aromatic rings. The number of carbonyl (C=O) groups excluding carboxylic acids is 2. The summed E-state index contributed by atoms with van der Waals surface area (Å²) in [6.45, 7) is 5.92. The largest absolute Gasteiger partial charge is 0.467 e. The highest BCUT2D eigenvalue weighted by molar-refractivity contribution is 5.87. The number of furan rings is 1. The minimum Gasteiger partial charge on any atom is -0.467 e. The molecule has 1 aliphatic carbocycles. The second-order valence-electron chi connectivity index (χ2n) is 7.49. The smallest absolute Gasteiger partial charge is 0.242 e. The van der Waals surface area contributed by atoms with E-state index >= 15 is 0 Å². The first-order chi connectivity index (χ1) is 12.6. The number of amides is 2. The highest BCUT2D eigenvalue weighted by Crippen LogP contribution is 2.32. The van der Waals surface area contributed by atoms with Gasteiger partial charge in [-0.25, -0.2) is 0 Å². The molecule has 144 valence electrons. The van der Waals surface area contributed by atoms with E-state index in [0.29, 0.717) is 13.1 Å². The zero-order valence-electron chi connectivity index (χ0n) is 15.9. The van der Waals surface area contributed by atoms with Crippen molar-refractivity contribution >= 4 is 11.8 Å². The molecule has 1 aliphatic heterocycles. The summed E-state index contributed by atoms with van der Waals surface area (Å²) < 4.78 is 11.1. The standard InChI is InChI=1S/C20H30N2O4/c1-3-15(2)22(20(24)16-8-9-16)14-19(23)21(12-17-6-4-10-25-17)13-18-7-5-11-26-18/h4,6,10,15-16,18H,3,5,7-9,11-14H2,1-2H3/t15-,18-/m0/s1. The molecular formula is C20H30N2O4. The van der Waals surface area contributed by atoms with E-state index in [0.717, 1.165) is 44.5 Å². The number of rotatable bonds is 9. The highest BCUT2D eigenvalue weighted by atomic mass is 16.5. The van der Waals surface area contributed by atoms with E-state index in [2.05, 4.69) is 6.92 Å². The fourth-order valence-corrected chi connectivity index (χ4v) is 3.36. The number of hydrogen-bond donors (Lipinski definition) is 0. The Hall–Kier alpha value is -1.82. The van der Waals surface area contributed by atoms with Crippen molar-refractivity contribution in [1.82, 2.24) is 9.80 Å². The number of ether oxygens (including phenoxy) is 1. The molecule has 3 rings (SSSR count). The monoisotopic (exact) mass is 362 g/mol. The lowest BCUT2D eigenvalue weighted by atomic mass is 10.1. The molecule has 0 spiro atoms. The van der Waals surface area contributed by atoms with Gasteiger partial charge in [0.25, 0.3) is 0 Å². The van der Waals surface area contributed by atoms with E-state index in [1.54, 1.807) is 16.1 Å². The number of hydrogen-bond acceptors (Lipinski definition) is 4. The fourth-order valence-electron chi connectivity index (χ4n) is 3.36. The molecule has 0 bridgehead atoms. The maximum Gasteiger partial charge on any atom is 0.242 e. The molecule has 0 unspecified atom stereocenters. The van der Waals surface area contributed by atoms with Crippen molar-refractivity contribution in [2.75, 3.05) is 19.7 Å². The third-order valence-electron chi connectivity index (χ3n) is 5.37. The molecule has 0 N–H and O–H groups in total. The van der Waals surface area contributed by atoms with Crippen molar-refractivity contribution in [3.63, 3.8) is 0 Å². The van der Waals surface area contributed by atoms with E-state index < -0.39 is 0 Å². The van der Waals surface area contributed by atoms with E-state index in [1.165, 1.54) is 0 Å². The van der Waals surface area contributed by atoms with E-state index in [1.807, 2.05) is 19.1 Å². The van der Waals surface area contributed by atoms with Crippen LogP contribution in [0.5, 0.6) is 0 Å². The van der Waals surface area contributed by atoms with Crippen LogP contribution < -0.4 is 0 Å². The van der Waals surface area contributed by atoms with Crippen molar-refractivity contribution in [3.05, 3.63) is 24.2 Å². The SMILES string of the molecule is CC[C@H](C)N(CC(=O)N(Cc1ccco1)C[C@@H]1CCCO1)C(=O)C1CC1. The Morgan fingerprint density at radius 3 is 2.69 bits per heavy atom. The van der Waals surface area contributed by atoms with Crippen LogP contribution in [-0.2, 0) is 20.9 Å². The molecule has 1 saturated heterocycles. The summed E-state index contributed by atoms with van der Waals surface area (Å²) in [7, 11) is 0. The van der Waals surface area contributed by atoms with E-state index in [-0.39, 0.29) is 36.4 Å². The van der Waals surface area contributed by atoms with E-state index in [4.69, 9.17) is 9.15 Å². The zero-order valence-corrected chi connectivity index (χ0v) is 15.9. The van der Waals surface area contributed by atoms with Gasteiger partial charge in [0.1, 0.15) is 12.3 Å². The predicted molar refractivity (Wildman–Crippen MR) is 97.3 cm³/mol. The highest BCUT2D eigenvalue weighted by Gasteiger charge is 2.36. The van der Waals surface area contributed by atoms with Crippen molar-refractivity contribution in [2.45, 2.75) is 64.6 Å². The van der Waals surface area contributed by atoms with Gasteiger partial charge in [0.05, 0.1) is 18.9 Å². The van der Waals surface area contributed by atoms with Crippen molar-refractivity contribution in [2.24, 2.45) is 5.92 Å². The van der Waals surface area contributed by atoms with Gasteiger partial charge in [0.2, 0.25) is 11.8 Å². The molecule has 26 heavy (non-hydrogen) atoms. The average molecular weight is 362 g/mol. The lowest BCUT2D eigenvalue weighted by molar-refractivity contribution is -0.144. The molecule has 6 nitrogen and oxygen atoms in total. The fraction of sp³-hybridized carbons (Fsp3) is 0.700. The van der Waals surface area contributed by atoms with Gasteiger partial charge >= 0.3 is 0 Å². The Morgan fingerprint density at radius 2 is 2.12 bits per heavy atom. The molecular weight excluding hydrogens is 332 g/mol. The lowest BCUT2D eigenvalue weighted by Gasteiger charge is -2.32. The first kappa shape index (κ1) is 19.0. The average Bonchev–Trinajstić information content (AvgIpc) is 3.13. The van der Waals surface area contributed by atoms with Crippen LogP contribution in [0, 0.1) is 5.92 Å². The van der Waals surface area contributed by atoms with Crippen LogP contribution in [0.3, 0.4) is 0 Å². The van der Waals surface area contributed by atoms with Gasteiger partial charge in [-0.15, -0.1) is 0 Å². The lowest BCUT2D eigenvalue weighted by Crippen LogP contribution is -2.48. The Bertz CT molecular complexity index is 591. The molecule has 2 heterocycles. The maximum atomic E-state index is 13.1. The minimum absolute atomic E-state index is 0.0359. The van der Waals surface area contributed by atoms with Crippen molar-refractivity contribution < 1.29 is 18.7 Å².